The standard InChI is InChI=1S/C34H33N5O2.Zn/c1-15-16(2)24-10-25-17(3)18(4)26(38-25)11-27-32-21-9-20(22(14-35)30(21)33(40)41-7)31(32)28(39-27)12-29-34(5,6)13-19(36-29)8-23(15)37-24;/h8,10-12,20-22,30H,9,13H2,1-7H3;/q-2;+2/t20-,21+,22+,30+;/m1./s1. The third-order valence-corrected chi connectivity index (χ3v) is 10.1. The number of carbonyl (C=O) groups excluding carboxylic acids is 1. The summed E-state index contributed by atoms with van der Waals surface area (Å²) in [6, 6.07) is 10.8. The van der Waals surface area contributed by atoms with Crippen molar-refractivity contribution in [1.82, 2.24) is 19.9 Å². The van der Waals surface area contributed by atoms with Crippen LogP contribution in [0.15, 0.2) is 24.3 Å². The molecule has 7 nitrogen and oxygen atoms in total. The Balaban J connectivity index is 0.00000316. The molecule has 8 heteroatoms. The van der Waals surface area contributed by atoms with Crippen LogP contribution in [-0.4, -0.2) is 23.0 Å². The Bertz CT molecular complexity index is 1920. The first-order valence-electron chi connectivity index (χ1n) is 14.3. The zero-order chi connectivity index (χ0) is 29.0. The maximum absolute atomic E-state index is 12.9. The zero-order valence-electron chi connectivity index (χ0n) is 25.3. The number of fused-ring (bicyclic) bond motifs is 15. The van der Waals surface area contributed by atoms with Gasteiger partial charge in [-0.25, -0.2) is 4.98 Å². The van der Waals surface area contributed by atoms with E-state index in [1.807, 2.05) is 0 Å². The zero-order valence-corrected chi connectivity index (χ0v) is 28.3. The molecule has 3 aromatic heterocycles. The summed E-state index contributed by atoms with van der Waals surface area (Å²) in [6.07, 6.45) is 1.55. The van der Waals surface area contributed by atoms with Crippen LogP contribution < -0.4 is 9.97 Å². The van der Waals surface area contributed by atoms with Crippen LogP contribution in [0.5, 0.6) is 0 Å². The smallest absolute Gasteiger partial charge is 0.657 e. The number of rotatable bonds is 1. The van der Waals surface area contributed by atoms with E-state index in [2.05, 4.69) is 71.9 Å². The molecule has 42 heavy (non-hydrogen) atoms. The largest absolute Gasteiger partial charge is 2.00 e. The minimum absolute atomic E-state index is 0. The van der Waals surface area contributed by atoms with Crippen molar-refractivity contribution in [3.8, 4) is 6.07 Å². The number of ether oxygens (including phenoxy) is 1. The van der Waals surface area contributed by atoms with Gasteiger partial charge in [0.1, 0.15) is 0 Å². The van der Waals surface area contributed by atoms with Crippen LogP contribution >= 0.6 is 0 Å². The van der Waals surface area contributed by atoms with Crippen molar-refractivity contribution >= 4 is 39.2 Å². The molecule has 2 aliphatic heterocycles. The third-order valence-electron chi connectivity index (χ3n) is 10.1. The van der Waals surface area contributed by atoms with Gasteiger partial charge in [0.15, 0.2) is 0 Å². The second kappa shape index (κ2) is 9.74. The van der Waals surface area contributed by atoms with Gasteiger partial charge in [0.05, 0.1) is 36.4 Å². The number of aryl methyl sites for hydroxylation is 2. The van der Waals surface area contributed by atoms with E-state index in [1.165, 1.54) is 7.11 Å². The molecule has 0 saturated heterocycles. The van der Waals surface area contributed by atoms with E-state index in [0.717, 1.165) is 91.1 Å². The molecule has 0 N–H and O–H groups in total. The van der Waals surface area contributed by atoms with Gasteiger partial charge in [-0.3, -0.25) is 9.78 Å². The summed E-state index contributed by atoms with van der Waals surface area (Å²) in [6.45, 7) is 12.8. The van der Waals surface area contributed by atoms with Gasteiger partial charge in [-0.05, 0) is 51.2 Å². The van der Waals surface area contributed by atoms with E-state index in [4.69, 9.17) is 24.7 Å². The summed E-state index contributed by atoms with van der Waals surface area (Å²) in [5, 5.41) is 10.2. The molecule has 4 aliphatic rings. The molecule has 0 spiro atoms. The Hall–Kier alpha value is -3.56. The number of methoxy groups -OCH3 is 1. The quantitative estimate of drug-likeness (QED) is 0.240. The molecule has 5 heterocycles. The van der Waals surface area contributed by atoms with Crippen LogP contribution in [0.4, 0.5) is 0 Å². The molecule has 4 atom stereocenters. The second-order valence-electron chi connectivity index (χ2n) is 12.8. The van der Waals surface area contributed by atoms with Gasteiger partial charge in [0.2, 0.25) is 0 Å². The van der Waals surface area contributed by atoms with Gasteiger partial charge in [-0.2, -0.15) is 5.26 Å². The number of esters is 1. The van der Waals surface area contributed by atoms with Gasteiger partial charge >= 0.3 is 25.4 Å². The first-order chi connectivity index (χ1) is 19.5. The Kier molecular flexibility index (Phi) is 6.62. The molecule has 0 aromatic carbocycles. The van der Waals surface area contributed by atoms with Crippen LogP contribution in [0.1, 0.15) is 91.0 Å². The number of nitrogens with zero attached hydrogens (tertiary/aromatic N) is 5. The molecule has 3 aromatic rings. The fraction of sp³-hybridized carbons (Fsp3) is 0.412. The number of carbonyl (C=O) groups is 1. The predicted molar refractivity (Wildman–Crippen MR) is 158 cm³/mol. The fourth-order valence-electron chi connectivity index (χ4n) is 7.48. The van der Waals surface area contributed by atoms with E-state index in [1.54, 1.807) is 0 Å². The summed E-state index contributed by atoms with van der Waals surface area (Å²) < 4.78 is 5.18. The van der Waals surface area contributed by atoms with E-state index >= 15 is 0 Å². The van der Waals surface area contributed by atoms with E-state index < -0.39 is 11.8 Å². The van der Waals surface area contributed by atoms with Gasteiger partial charge < -0.3 is 14.7 Å². The molecule has 1 saturated carbocycles. The average molecular weight is 609 g/mol. The van der Waals surface area contributed by atoms with Crippen LogP contribution in [-0.2, 0) is 40.8 Å². The first-order valence-corrected chi connectivity index (χ1v) is 14.3. The Labute approximate surface area is 258 Å². The van der Waals surface area contributed by atoms with Crippen molar-refractivity contribution in [2.24, 2.45) is 11.8 Å². The second-order valence-corrected chi connectivity index (χ2v) is 12.8. The number of aromatic nitrogens is 4. The molecular formula is C34H33N5O2Zn. The first kappa shape index (κ1) is 28.6. The summed E-state index contributed by atoms with van der Waals surface area (Å²) in [7, 11) is 1.41. The van der Waals surface area contributed by atoms with Gasteiger partial charge in [-0.1, -0.05) is 60.4 Å². The molecular weight excluding hydrogens is 576 g/mol. The molecule has 10 bridgehead atoms. The normalized spacial score (nSPS) is 23.4. The van der Waals surface area contributed by atoms with Crippen molar-refractivity contribution in [3.63, 3.8) is 0 Å². The molecule has 1 fully saturated rings. The summed E-state index contributed by atoms with van der Waals surface area (Å²) in [4.78, 5) is 33.2. The van der Waals surface area contributed by atoms with Crippen LogP contribution in [0.2, 0.25) is 0 Å². The predicted octanol–water partition coefficient (Wildman–Crippen LogP) is 6.17. The van der Waals surface area contributed by atoms with Crippen molar-refractivity contribution < 1.29 is 29.0 Å². The molecule has 0 unspecified atom stereocenters. The Morgan fingerprint density at radius 1 is 0.905 bits per heavy atom. The number of hydrogen-bond acceptors (Lipinski definition) is 5. The maximum Gasteiger partial charge on any atom is 2.00 e. The van der Waals surface area contributed by atoms with Crippen molar-refractivity contribution in [3.05, 3.63) is 69.3 Å². The maximum atomic E-state index is 12.9. The minimum atomic E-state index is -0.487. The van der Waals surface area contributed by atoms with E-state index in [0.29, 0.717) is 0 Å². The summed E-state index contributed by atoms with van der Waals surface area (Å²) >= 11 is 0. The molecule has 2 aliphatic carbocycles. The molecule has 208 valence electrons. The molecule has 7 rings (SSSR count). The third kappa shape index (κ3) is 3.97. The van der Waals surface area contributed by atoms with Crippen LogP contribution in [0.25, 0.3) is 33.2 Å². The number of allylic oxidation sites excluding steroid dienone is 2. The van der Waals surface area contributed by atoms with Crippen molar-refractivity contribution in [1.29, 1.82) is 5.26 Å². The topological polar surface area (TPSA) is 104 Å². The minimum Gasteiger partial charge on any atom is -0.657 e. The molecule has 0 radical (unpaired) electrons. The van der Waals surface area contributed by atoms with Crippen molar-refractivity contribution in [2.75, 3.05) is 7.11 Å². The SMILES string of the molecule is COC(=O)[C@@H]1[C@@H](C#N)[C@H]2C[C@@H]1c1c2c2cc3nc(cc4[n-]c(cc5nc(cc1[n-]2)C(C)=C5C)c(C)c4C)CC3(C)C.[Zn+2]. The van der Waals surface area contributed by atoms with E-state index in [9.17, 15) is 10.1 Å². The average Bonchev–Trinajstić information content (AvgIpc) is 3.74. The van der Waals surface area contributed by atoms with Crippen LogP contribution in [0, 0.1) is 37.0 Å². The Morgan fingerprint density at radius 3 is 2.12 bits per heavy atom. The summed E-state index contributed by atoms with van der Waals surface area (Å²) in [5.74, 6) is -1.41. The van der Waals surface area contributed by atoms with Gasteiger partial charge in [-0.15, -0.1) is 22.1 Å². The molecule has 0 amide bonds. The number of hydrogen-bond donors (Lipinski definition) is 0. The monoisotopic (exact) mass is 607 g/mol. The van der Waals surface area contributed by atoms with Crippen LogP contribution in [0.3, 0.4) is 0 Å². The van der Waals surface area contributed by atoms with Gasteiger partial charge in [0.25, 0.3) is 0 Å². The van der Waals surface area contributed by atoms with Gasteiger partial charge in [0, 0.05) is 29.1 Å². The number of nitriles is 1. The van der Waals surface area contributed by atoms with Crippen molar-refractivity contribution in [2.45, 2.75) is 71.6 Å². The fourth-order valence-corrected chi connectivity index (χ4v) is 7.48. The summed E-state index contributed by atoms with van der Waals surface area (Å²) in [5.41, 5.74) is 13.8. The van der Waals surface area contributed by atoms with E-state index in [-0.39, 0.29) is 42.7 Å². The Morgan fingerprint density at radius 2 is 1.48 bits per heavy atom.